The molecule has 0 spiro atoms. The van der Waals surface area contributed by atoms with Gasteiger partial charge in [-0.25, -0.2) is 0 Å². The van der Waals surface area contributed by atoms with Crippen LogP contribution in [0.4, 0.5) is 0 Å². The smallest absolute Gasteiger partial charge is 0.243 e. The predicted molar refractivity (Wildman–Crippen MR) is 174 cm³/mol. The lowest BCUT2D eigenvalue weighted by Gasteiger charge is -2.26. The van der Waals surface area contributed by atoms with E-state index in [-0.39, 0.29) is 0 Å². The molecule has 15 N–H and O–H groups in total. The summed E-state index contributed by atoms with van der Waals surface area (Å²) in [6.45, 7) is 2.09. The molecular weight excluding hydrogens is 580 g/mol. The second-order valence-corrected chi connectivity index (χ2v) is 11.7. The van der Waals surface area contributed by atoms with E-state index in [9.17, 15) is 24.0 Å². The molecule has 0 aromatic carbocycles. The van der Waals surface area contributed by atoms with Crippen molar-refractivity contribution in [3.8, 4) is 0 Å². The summed E-state index contributed by atoms with van der Waals surface area (Å²) >= 11 is 0. The van der Waals surface area contributed by atoms with Crippen molar-refractivity contribution in [3.05, 3.63) is 0 Å². The number of carbonyl (C=O) groups excluding carboxylic acids is 5. The van der Waals surface area contributed by atoms with Gasteiger partial charge >= 0.3 is 0 Å². The Balaban J connectivity index is 3.54. The van der Waals surface area contributed by atoms with Crippen LogP contribution in [0, 0.1) is 0 Å². The molecule has 0 aliphatic carbocycles. The fourth-order valence-corrected chi connectivity index (χ4v) is 5.17. The van der Waals surface area contributed by atoms with Crippen LogP contribution in [-0.4, -0.2) is 92.5 Å². The third-order valence-electron chi connectivity index (χ3n) is 7.90. The summed E-state index contributed by atoms with van der Waals surface area (Å²) in [5.41, 5.74) is 28.4. The largest absolute Gasteiger partial charge is 0.343 e. The van der Waals surface area contributed by atoms with Gasteiger partial charge in [0.25, 0.3) is 0 Å². The molecule has 1 fully saturated rings. The molecular formula is C30H60N10O5. The van der Waals surface area contributed by atoms with Gasteiger partial charge in [0, 0.05) is 0 Å². The lowest BCUT2D eigenvalue weighted by atomic mass is 10.0. The van der Waals surface area contributed by atoms with Crippen LogP contribution in [0.2, 0.25) is 0 Å². The summed E-state index contributed by atoms with van der Waals surface area (Å²) in [5, 5.41) is 14.0. The first-order chi connectivity index (χ1) is 21.7. The van der Waals surface area contributed by atoms with Gasteiger partial charge in [-0.3, -0.25) is 24.0 Å². The maximum atomic E-state index is 13.6. The van der Waals surface area contributed by atoms with E-state index in [1.807, 2.05) is 0 Å². The SMILES string of the molecule is NCCCCC1NC(=O)C(CCCCN)NC(=O)C(CCCCN)NC(=O)C(CCCCN)NC(=O)C(CCCCN)NC1=O. The van der Waals surface area contributed by atoms with E-state index in [2.05, 4.69) is 26.6 Å². The molecule has 0 aromatic heterocycles. The molecule has 15 heteroatoms. The van der Waals surface area contributed by atoms with Crippen LogP contribution in [0.15, 0.2) is 0 Å². The molecule has 0 saturated carbocycles. The minimum Gasteiger partial charge on any atom is -0.343 e. The maximum absolute atomic E-state index is 13.6. The Morgan fingerprint density at radius 2 is 0.467 bits per heavy atom. The Morgan fingerprint density at radius 3 is 0.600 bits per heavy atom. The molecule has 45 heavy (non-hydrogen) atoms. The van der Waals surface area contributed by atoms with Gasteiger partial charge in [-0.05, 0) is 129 Å². The maximum Gasteiger partial charge on any atom is 0.243 e. The minimum atomic E-state index is -0.964. The summed E-state index contributed by atoms with van der Waals surface area (Å²) in [7, 11) is 0. The van der Waals surface area contributed by atoms with Crippen molar-refractivity contribution in [1.82, 2.24) is 26.6 Å². The first-order valence-electron chi connectivity index (χ1n) is 16.7. The molecule has 5 atom stereocenters. The summed E-state index contributed by atoms with van der Waals surface area (Å²) < 4.78 is 0. The molecule has 0 aromatic rings. The van der Waals surface area contributed by atoms with Crippen molar-refractivity contribution < 1.29 is 24.0 Å². The number of hydrogen-bond donors (Lipinski definition) is 10. The zero-order valence-electron chi connectivity index (χ0n) is 27.0. The molecule has 1 heterocycles. The molecule has 260 valence electrons. The third kappa shape index (κ3) is 16.3. The van der Waals surface area contributed by atoms with E-state index in [1.165, 1.54) is 0 Å². The van der Waals surface area contributed by atoms with Gasteiger partial charge in [0.05, 0.1) is 0 Å². The normalized spacial score (nSPS) is 23.7. The standard InChI is InChI=1S/C30H60N10O5/c31-16-6-1-11-21-26(41)37-23(13-3-8-18-33)28(43)39-25(15-5-10-20-35)30(45)40-24(14-4-9-19-34)29(44)38-22(27(42)36-21)12-2-7-17-32/h21-25H,1-20,31-35H2,(H,36,42)(H,37,41)(H,38,44)(H,39,43)(H,40,45). The van der Waals surface area contributed by atoms with Crippen LogP contribution in [0.5, 0.6) is 0 Å². The van der Waals surface area contributed by atoms with E-state index in [4.69, 9.17) is 28.7 Å². The average Bonchev–Trinajstić information content (AvgIpc) is 3.02. The summed E-state index contributed by atoms with van der Waals surface area (Å²) in [5.74, 6) is -2.64. The van der Waals surface area contributed by atoms with Gasteiger partial charge in [-0.1, -0.05) is 0 Å². The fourth-order valence-electron chi connectivity index (χ4n) is 5.17. The van der Waals surface area contributed by atoms with E-state index >= 15 is 0 Å². The van der Waals surface area contributed by atoms with Crippen LogP contribution in [0.25, 0.3) is 0 Å². The van der Waals surface area contributed by atoms with Crippen molar-refractivity contribution >= 4 is 29.5 Å². The van der Waals surface area contributed by atoms with Gasteiger partial charge in [0.15, 0.2) is 0 Å². The predicted octanol–water partition coefficient (Wildman–Crippen LogP) is -1.93. The van der Waals surface area contributed by atoms with Crippen LogP contribution in [-0.2, 0) is 24.0 Å². The zero-order chi connectivity index (χ0) is 33.5. The molecule has 1 aliphatic heterocycles. The Morgan fingerprint density at radius 1 is 0.311 bits per heavy atom. The Labute approximate surface area is 268 Å². The second kappa shape index (κ2) is 24.4. The van der Waals surface area contributed by atoms with Crippen LogP contribution in [0.3, 0.4) is 0 Å². The van der Waals surface area contributed by atoms with E-state index < -0.39 is 59.7 Å². The lowest BCUT2D eigenvalue weighted by molar-refractivity contribution is -0.134. The third-order valence-corrected chi connectivity index (χ3v) is 7.90. The van der Waals surface area contributed by atoms with Gasteiger partial charge in [-0.15, -0.1) is 0 Å². The topological polar surface area (TPSA) is 276 Å². The number of nitrogens with one attached hydrogen (secondary N) is 5. The number of carbonyl (C=O) groups is 5. The zero-order valence-corrected chi connectivity index (χ0v) is 27.0. The highest BCUT2D eigenvalue weighted by Gasteiger charge is 2.34. The van der Waals surface area contributed by atoms with E-state index in [1.54, 1.807) is 0 Å². The average molecular weight is 641 g/mol. The highest BCUT2D eigenvalue weighted by Crippen LogP contribution is 2.11. The van der Waals surface area contributed by atoms with Crippen molar-refractivity contribution in [2.24, 2.45) is 28.7 Å². The van der Waals surface area contributed by atoms with Crippen LogP contribution >= 0.6 is 0 Å². The van der Waals surface area contributed by atoms with Crippen molar-refractivity contribution in [3.63, 3.8) is 0 Å². The molecule has 5 unspecified atom stereocenters. The first kappa shape index (κ1) is 40.2. The van der Waals surface area contributed by atoms with Gasteiger partial charge < -0.3 is 55.3 Å². The highest BCUT2D eigenvalue weighted by atomic mass is 16.2. The number of nitrogens with two attached hydrogens (primary N) is 5. The van der Waals surface area contributed by atoms with Crippen molar-refractivity contribution in [2.45, 2.75) is 127 Å². The first-order valence-corrected chi connectivity index (χ1v) is 16.7. The van der Waals surface area contributed by atoms with Crippen LogP contribution < -0.4 is 55.3 Å². The van der Waals surface area contributed by atoms with Crippen molar-refractivity contribution in [2.75, 3.05) is 32.7 Å². The van der Waals surface area contributed by atoms with Crippen LogP contribution in [0.1, 0.15) is 96.3 Å². The monoisotopic (exact) mass is 640 g/mol. The van der Waals surface area contributed by atoms with Gasteiger partial charge in [0.2, 0.25) is 29.5 Å². The second-order valence-electron chi connectivity index (χ2n) is 11.7. The summed E-state index contributed by atoms with van der Waals surface area (Å²) in [6.07, 6.45) is 7.46. The minimum absolute atomic E-state index is 0.291. The quantitative estimate of drug-likeness (QED) is 0.0658. The van der Waals surface area contributed by atoms with Gasteiger partial charge in [-0.2, -0.15) is 0 Å². The number of amides is 5. The van der Waals surface area contributed by atoms with Gasteiger partial charge in [0.1, 0.15) is 30.2 Å². The summed E-state index contributed by atoms with van der Waals surface area (Å²) in [4.78, 5) is 68.0. The molecule has 5 amide bonds. The fraction of sp³-hybridized carbons (Fsp3) is 0.833. The Hall–Kier alpha value is -2.85. The number of rotatable bonds is 20. The molecule has 0 bridgehead atoms. The molecule has 1 rings (SSSR count). The van der Waals surface area contributed by atoms with E-state index in [0.717, 1.165) is 0 Å². The molecule has 15 nitrogen and oxygen atoms in total. The lowest BCUT2D eigenvalue weighted by Crippen LogP contribution is -2.57. The Bertz CT molecular complexity index is 731. The highest BCUT2D eigenvalue weighted by molar-refractivity contribution is 5.97. The molecule has 1 aliphatic rings. The van der Waals surface area contributed by atoms with E-state index in [0.29, 0.717) is 129 Å². The Kier molecular flexibility index (Phi) is 21.8. The summed E-state index contributed by atoms with van der Waals surface area (Å²) in [6, 6.07) is -4.82. The van der Waals surface area contributed by atoms with Crippen molar-refractivity contribution in [1.29, 1.82) is 0 Å². The number of hydrogen-bond acceptors (Lipinski definition) is 10. The molecule has 0 radical (unpaired) electrons. The number of unbranched alkanes of at least 4 members (excludes halogenated alkanes) is 5. The molecule has 1 saturated heterocycles.